The Kier molecular flexibility index (Phi) is 8.51. The summed E-state index contributed by atoms with van der Waals surface area (Å²) in [5, 5.41) is 5.44. The van der Waals surface area contributed by atoms with E-state index in [0.29, 0.717) is 35.9 Å². The standard InChI is InChI=1S/C23H26N2O4/c1-4-14-24-23(27)18-8-6-7-9-19(18)25-22(26)13-11-17-10-12-20(29-15-5-2)21(16-17)28-3/h4,6-13,16H,1,5,14-15H2,2-3H3,(H,24,27)(H,25,26)/b13-11+. The molecule has 0 aliphatic rings. The number of anilines is 1. The highest BCUT2D eigenvalue weighted by atomic mass is 16.5. The number of ether oxygens (including phenoxy) is 2. The number of nitrogens with one attached hydrogen (secondary N) is 2. The van der Waals surface area contributed by atoms with Gasteiger partial charge in [-0.25, -0.2) is 0 Å². The molecule has 0 atom stereocenters. The van der Waals surface area contributed by atoms with E-state index < -0.39 is 0 Å². The molecule has 152 valence electrons. The molecule has 2 aromatic rings. The maximum atomic E-state index is 12.3. The zero-order valence-corrected chi connectivity index (χ0v) is 16.7. The number of benzene rings is 2. The van der Waals surface area contributed by atoms with E-state index in [9.17, 15) is 9.59 Å². The lowest BCUT2D eigenvalue weighted by Crippen LogP contribution is -2.24. The molecule has 0 aromatic heterocycles. The van der Waals surface area contributed by atoms with E-state index in [2.05, 4.69) is 17.2 Å². The summed E-state index contributed by atoms with van der Waals surface area (Å²) in [6.45, 7) is 6.56. The van der Waals surface area contributed by atoms with Crippen LogP contribution in [0.25, 0.3) is 6.08 Å². The molecule has 6 nitrogen and oxygen atoms in total. The molecule has 0 spiro atoms. The molecule has 2 aromatic carbocycles. The van der Waals surface area contributed by atoms with Crippen LogP contribution in [0.5, 0.6) is 11.5 Å². The Bertz CT molecular complexity index is 890. The largest absolute Gasteiger partial charge is 0.493 e. The van der Waals surface area contributed by atoms with E-state index >= 15 is 0 Å². The molecule has 2 rings (SSSR count). The molecule has 2 N–H and O–H groups in total. The third-order valence-electron chi connectivity index (χ3n) is 3.91. The fraction of sp³-hybridized carbons (Fsp3) is 0.217. The van der Waals surface area contributed by atoms with Gasteiger partial charge in [0.25, 0.3) is 5.91 Å². The predicted octanol–water partition coefficient (Wildman–Crippen LogP) is 4.05. The molecule has 0 bridgehead atoms. The first-order valence-electron chi connectivity index (χ1n) is 9.37. The van der Waals surface area contributed by atoms with Gasteiger partial charge >= 0.3 is 0 Å². The lowest BCUT2D eigenvalue weighted by molar-refractivity contribution is -0.111. The molecular weight excluding hydrogens is 368 g/mol. The predicted molar refractivity (Wildman–Crippen MR) is 115 cm³/mol. The van der Waals surface area contributed by atoms with Crippen molar-refractivity contribution in [2.24, 2.45) is 0 Å². The van der Waals surface area contributed by atoms with Crippen LogP contribution in [0.1, 0.15) is 29.3 Å². The Balaban J connectivity index is 2.09. The van der Waals surface area contributed by atoms with Gasteiger partial charge in [-0.3, -0.25) is 9.59 Å². The smallest absolute Gasteiger partial charge is 0.253 e. The quantitative estimate of drug-likeness (QED) is 0.471. The SMILES string of the molecule is C=CCNC(=O)c1ccccc1NC(=O)/C=C/c1ccc(OCCC)c(OC)c1. The van der Waals surface area contributed by atoms with Gasteiger partial charge in [0, 0.05) is 12.6 Å². The topological polar surface area (TPSA) is 76.7 Å². The molecule has 0 radical (unpaired) electrons. The number of rotatable bonds is 10. The van der Waals surface area contributed by atoms with Crippen LogP contribution < -0.4 is 20.1 Å². The number of carbonyl (C=O) groups is 2. The van der Waals surface area contributed by atoms with Crippen molar-refractivity contribution in [1.29, 1.82) is 0 Å². The van der Waals surface area contributed by atoms with E-state index in [1.54, 1.807) is 49.6 Å². The highest BCUT2D eigenvalue weighted by molar-refractivity contribution is 6.07. The van der Waals surface area contributed by atoms with Crippen LogP contribution in [0.4, 0.5) is 5.69 Å². The fourth-order valence-electron chi connectivity index (χ4n) is 2.52. The highest BCUT2D eigenvalue weighted by Crippen LogP contribution is 2.28. The van der Waals surface area contributed by atoms with Crippen LogP contribution in [-0.4, -0.2) is 32.1 Å². The van der Waals surface area contributed by atoms with Gasteiger partial charge in [-0.2, -0.15) is 0 Å². The zero-order valence-electron chi connectivity index (χ0n) is 16.7. The van der Waals surface area contributed by atoms with Crippen LogP contribution in [0.15, 0.2) is 61.2 Å². The Hall–Kier alpha value is -3.54. The van der Waals surface area contributed by atoms with Gasteiger partial charge in [-0.15, -0.1) is 6.58 Å². The minimum absolute atomic E-state index is 0.280. The first-order valence-corrected chi connectivity index (χ1v) is 9.37. The first-order chi connectivity index (χ1) is 14.1. The molecule has 0 saturated carbocycles. The minimum atomic E-state index is -0.348. The Morgan fingerprint density at radius 3 is 2.66 bits per heavy atom. The average molecular weight is 394 g/mol. The summed E-state index contributed by atoms with van der Waals surface area (Å²) in [4.78, 5) is 24.5. The number of methoxy groups -OCH3 is 1. The van der Waals surface area contributed by atoms with E-state index in [-0.39, 0.29) is 11.8 Å². The summed E-state index contributed by atoms with van der Waals surface area (Å²) in [5.74, 6) is 0.636. The maximum absolute atomic E-state index is 12.3. The Labute approximate surface area is 171 Å². The second-order valence-electron chi connectivity index (χ2n) is 6.13. The number of hydrogen-bond acceptors (Lipinski definition) is 4. The minimum Gasteiger partial charge on any atom is -0.493 e. The number of carbonyl (C=O) groups excluding carboxylic acids is 2. The van der Waals surface area contributed by atoms with Crippen molar-refractivity contribution in [3.05, 3.63) is 72.3 Å². The number of para-hydroxylation sites is 1. The molecule has 0 aliphatic heterocycles. The third-order valence-corrected chi connectivity index (χ3v) is 3.91. The van der Waals surface area contributed by atoms with Gasteiger partial charge in [0.05, 0.1) is 25.0 Å². The first kappa shape index (κ1) is 21.8. The summed E-state index contributed by atoms with van der Waals surface area (Å²) in [6, 6.07) is 12.3. The Morgan fingerprint density at radius 1 is 1.14 bits per heavy atom. The van der Waals surface area contributed by atoms with Crippen LogP contribution in [0, 0.1) is 0 Å². The lowest BCUT2D eigenvalue weighted by Gasteiger charge is -2.11. The molecule has 6 heteroatoms. The molecule has 0 fully saturated rings. The molecule has 29 heavy (non-hydrogen) atoms. The van der Waals surface area contributed by atoms with Crippen LogP contribution >= 0.6 is 0 Å². The van der Waals surface area contributed by atoms with Gasteiger partial charge in [0.15, 0.2) is 11.5 Å². The number of amides is 2. The van der Waals surface area contributed by atoms with Crippen molar-refractivity contribution in [2.75, 3.05) is 25.6 Å². The van der Waals surface area contributed by atoms with E-state index in [0.717, 1.165) is 12.0 Å². The highest BCUT2D eigenvalue weighted by Gasteiger charge is 2.11. The molecule has 0 unspecified atom stereocenters. The second-order valence-corrected chi connectivity index (χ2v) is 6.13. The second kappa shape index (κ2) is 11.3. The molecule has 0 saturated heterocycles. The normalized spacial score (nSPS) is 10.4. The van der Waals surface area contributed by atoms with Crippen LogP contribution in [-0.2, 0) is 4.79 Å². The summed E-state index contributed by atoms with van der Waals surface area (Å²) >= 11 is 0. The molecular formula is C23H26N2O4. The van der Waals surface area contributed by atoms with Crippen molar-refractivity contribution < 1.29 is 19.1 Å². The average Bonchev–Trinajstić information content (AvgIpc) is 2.75. The number of hydrogen-bond donors (Lipinski definition) is 2. The maximum Gasteiger partial charge on any atom is 0.253 e. The summed E-state index contributed by atoms with van der Waals surface area (Å²) < 4.78 is 11.0. The summed E-state index contributed by atoms with van der Waals surface area (Å²) in [5.41, 5.74) is 1.61. The third kappa shape index (κ3) is 6.53. The fourth-order valence-corrected chi connectivity index (χ4v) is 2.52. The molecule has 0 aliphatic carbocycles. The van der Waals surface area contributed by atoms with Crippen molar-refractivity contribution in [2.45, 2.75) is 13.3 Å². The van der Waals surface area contributed by atoms with Crippen LogP contribution in [0.3, 0.4) is 0 Å². The Morgan fingerprint density at radius 2 is 1.93 bits per heavy atom. The monoisotopic (exact) mass is 394 g/mol. The van der Waals surface area contributed by atoms with Gasteiger partial charge in [-0.05, 0) is 42.3 Å². The van der Waals surface area contributed by atoms with Crippen molar-refractivity contribution in [3.8, 4) is 11.5 Å². The summed E-state index contributed by atoms with van der Waals surface area (Å²) in [6.07, 6.45) is 5.56. The van der Waals surface area contributed by atoms with Gasteiger partial charge in [0.2, 0.25) is 5.91 Å². The lowest BCUT2D eigenvalue weighted by atomic mass is 10.1. The van der Waals surface area contributed by atoms with E-state index in [1.165, 1.54) is 6.08 Å². The van der Waals surface area contributed by atoms with E-state index in [1.807, 2.05) is 19.1 Å². The van der Waals surface area contributed by atoms with Gasteiger partial charge in [0.1, 0.15) is 0 Å². The van der Waals surface area contributed by atoms with E-state index in [4.69, 9.17) is 9.47 Å². The zero-order chi connectivity index (χ0) is 21.1. The van der Waals surface area contributed by atoms with Crippen LogP contribution in [0.2, 0.25) is 0 Å². The summed E-state index contributed by atoms with van der Waals surface area (Å²) in [7, 11) is 1.57. The van der Waals surface area contributed by atoms with Gasteiger partial charge in [-0.1, -0.05) is 31.2 Å². The molecule has 2 amide bonds. The van der Waals surface area contributed by atoms with Gasteiger partial charge < -0.3 is 20.1 Å². The van der Waals surface area contributed by atoms with Crippen molar-refractivity contribution >= 4 is 23.6 Å². The molecule has 0 heterocycles. The van der Waals surface area contributed by atoms with Crippen molar-refractivity contribution in [3.63, 3.8) is 0 Å². The van der Waals surface area contributed by atoms with Crippen molar-refractivity contribution in [1.82, 2.24) is 5.32 Å².